The summed E-state index contributed by atoms with van der Waals surface area (Å²) in [6, 6.07) is -1.85. The van der Waals surface area contributed by atoms with Crippen LogP contribution < -0.4 is 21.3 Å². The van der Waals surface area contributed by atoms with E-state index in [1.165, 1.54) is 0 Å². The number of carbonyl (C=O) groups is 6. The molecule has 12 heteroatoms. The maximum atomic E-state index is 11.4. The highest BCUT2D eigenvalue weighted by Gasteiger charge is 2.12. The van der Waals surface area contributed by atoms with Crippen LogP contribution in [0.1, 0.15) is 27.7 Å². The first kappa shape index (κ1) is 24.6. The van der Waals surface area contributed by atoms with Crippen LogP contribution >= 0.6 is 0 Å². The predicted octanol–water partition coefficient (Wildman–Crippen LogP) is -0.903. The second-order valence-corrected chi connectivity index (χ2v) is 5.90. The van der Waals surface area contributed by atoms with E-state index in [2.05, 4.69) is 20.1 Å². The predicted molar refractivity (Wildman–Crippen MR) is 94.7 cm³/mol. The van der Waals surface area contributed by atoms with Crippen LogP contribution in [0.4, 0.5) is 9.59 Å². The average molecular weight is 400 g/mol. The molecule has 0 unspecified atom stereocenters. The van der Waals surface area contributed by atoms with Crippen LogP contribution in [0.3, 0.4) is 0 Å². The highest BCUT2D eigenvalue weighted by Crippen LogP contribution is 1.87. The third-order valence-electron chi connectivity index (χ3n) is 2.39. The van der Waals surface area contributed by atoms with Gasteiger partial charge in [-0.2, -0.15) is 0 Å². The fourth-order valence-corrected chi connectivity index (χ4v) is 1.43. The summed E-state index contributed by atoms with van der Waals surface area (Å²) in [6.07, 6.45) is 1.35. The Balaban J connectivity index is 4.11. The number of hydrogen-bond donors (Lipinski definition) is 4. The van der Waals surface area contributed by atoms with E-state index >= 15 is 0 Å². The standard InChI is InChI=1S/C16H24N4O8/c1-9(2)17-15(25)19-11(21)7-27-13(23)5-6-14(24)28-8-12(22)20-16(26)18-10(3)4/h5-6,9-10H,7-8H2,1-4H3,(H2,17,19,21,25)(H2,18,20,22,26). The molecule has 0 aromatic carbocycles. The van der Waals surface area contributed by atoms with Crippen molar-refractivity contribution in [3.63, 3.8) is 0 Å². The summed E-state index contributed by atoms with van der Waals surface area (Å²) in [7, 11) is 0. The van der Waals surface area contributed by atoms with E-state index in [4.69, 9.17) is 0 Å². The van der Waals surface area contributed by atoms with E-state index in [0.29, 0.717) is 12.2 Å². The first-order valence-electron chi connectivity index (χ1n) is 8.21. The van der Waals surface area contributed by atoms with Gasteiger partial charge >= 0.3 is 24.0 Å². The Bertz CT molecular complexity index is 589. The molecule has 0 aliphatic heterocycles. The van der Waals surface area contributed by atoms with Crippen LogP contribution in [0.25, 0.3) is 0 Å². The Labute approximate surface area is 161 Å². The topological polar surface area (TPSA) is 169 Å². The van der Waals surface area contributed by atoms with Crippen molar-refractivity contribution in [2.24, 2.45) is 0 Å². The van der Waals surface area contributed by atoms with Crippen LogP contribution in [0.15, 0.2) is 12.2 Å². The largest absolute Gasteiger partial charge is 0.452 e. The van der Waals surface area contributed by atoms with Gasteiger partial charge in [0.05, 0.1) is 0 Å². The maximum absolute atomic E-state index is 11.4. The van der Waals surface area contributed by atoms with E-state index in [9.17, 15) is 28.8 Å². The monoisotopic (exact) mass is 400 g/mol. The summed E-state index contributed by atoms with van der Waals surface area (Å²) in [5.74, 6) is -3.81. The number of ether oxygens (including phenoxy) is 2. The van der Waals surface area contributed by atoms with Crippen molar-refractivity contribution in [2.45, 2.75) is 39.8 Å². The van der Waals surface area contributed by atoms with Gasteiger partial charge in [-0.1, -0.05) is 0 Å². The molecule has 156 valence electrons. The molecule has 6 amide bonds. The quantitative estimate of drug-likeness (QED) is 0.300. The maximum Gasteiger partial charge on any atom is 0.331 e. The van der Waals surface area contributed by atoms with E-state index < -0.39 is 49.0 Å². The molecule has 0 aliphatic rings. The normalized spacial score (nSPS) is 10.4. The molecular formula is C16H24N4O8. The third-order valence-corrected chi connectivity index (χ3v) is 2.39. The Kier molecular flexibility index (Phi) is 11.3. The highest BCUT2D eigenvalue weighted by atomic mass is 16.5. The molecular weight excluding hydrogens is 376 g/mol. The van der Waals surface area contributed by atoms with Crippen molar-refractivity contribution >= 4 is 35.8 Å². The van der Waals surface area contributed by atoms with Gasteiger partial charge in [0.25, 0.3) is 11.8 Å². The molecule has 0 aromatic rings. The summed E-state index contributed by atoms with van der Waals surface area (Å²) < 4.78 is 9.03. The van der Waals surface area contributed by atoms with Gasteiger partial charge in [-0.15, -0.1) is 0 Å². The van der Waals surface area contributed by atoms with Crippen molar-refractivity contribution in [1.29, 1.82) is 0 Å². The van der Waals surface area contributed by atoms with Gasteiger partial charge in [0.1, 0.15) is 0 Å². The number of nitrogens with one attached hydrogen (secondary N) is 4. The molecule has 0 saturated heterocycles. The number of imide groups is 2. The van der Waals surface area contributed by atoms with Crippen molar-refractivity contribution < 1.29 is 38.2 Å². The number of urea groups is 2. The van der Waals surface area contributed by atoms with Crippen LogP contribution in [0.5, 0.6) is 0 Å². The van der Waals surface area contributed by atoms with Gasteiger partial charge in [0.15, 0.2) is 13.2 Å². The molecule has 0 spiro atoms. The molecule has 0 bridgehead atoms. The van der Waals surface area contributed by atoms with Crippen molar-refractivity contribution in [2.75, 3.05) is 13.2 Å². The van der Waals surface area contributed by atoms with Crippen molar-refractivity contribution in [3.05, 3.63) is 12.2 Å². The van der Waals surface area contributed by atoms with E-state index in [1.54, 1.807) is 27.7 Å². The fourth-order valence-electron chi connectivity index (χ4n) is 1.43. The molecule has 0 aromatic heterocycles. The van der Waals surface area contributed by atoms with Gasteiger partial charge in [0, 0.05) is 24.2 Å². The van der Waals surface area contributed by atoms with Gasteiger partial charge in [0.2, 0.25) is 0 Å². The average Bonchev–Trinajstić information content (AvgIpc) is 2.54. The molecule has 0 fully saturated rings. The van der Waals surface area contributed by atoms with Crippen molar-refractivity contribution in [1.82, 2.24) is 21.3 Å². The molecule has 0 saturated carbocycles. The smallest absolute Gasteiger partial charge is 0.331 e. The Morgan fingerprint density at radius 3 is 1.29 bits per heavy atom. The Hall–Kier alpha value is -3.44. The molecule has 0 atom stereocenters. The van der Waals surface area contributed by atoms with Gasteiger partial charge in [-0.25, -0.2) is 19.2 Å². The lowest BCUT2D eigenvalue weighted by Crippen LogP contribution is -2.44. The summed E-state index contributed by atoms with van der Waals surface area (Å²) in [4.78, 5) is 68.0. The van der Waals surface area contributed by atoms with Crippen LogP contribution in [-0.4, -0.2) is 61.1 Å². The second kappa shape index (κ2) is 12.8. The summed E-state index contributed by atoms with van der Waals surface area (Å²) in [5, 5.41) is 8.67. The Morgan fingerprint density at radius 2 is 1.00 bits per heavy atom. The molecule has 0 heterocycles. The number of carbonyl (C=O) groups excluding carboxylic acids is 6. The third kappa shape index (κ3) is 13.8. The van der Waals surface area contributed by atoms with Crippen LogP contribution in [-0.2, 0) is 28.7 Å². The molecule has 12 nitrogen and oxygen atoms in total. The minimum absolute atomic E-state index is 0.184. The fraction of sp³-hybridized carbons (Fsp3) is 0.500. The van der Waals surface area contributed by atoms with Gasteiger partial charge < -0.3 is 20.1 Å². The zero-order valence-electron chi connectivity index (χ0n) is 16.0. The first-order chi connectivity index (χ1) is 13.0. The molecule has 0 radical (unpaired) electrons. The number of amides is 6. The minimum atomic E-state index is -1.04. The van der Waals surface area contributed by atoms with E-state index in [1.807, 2.05) is 10.6 Å². The second-order valence-electron chi connectivity index (χ2n) is 5.90. The lowest BCUT2D eigenvalue weighted by Gasteiger charge is -2.09. The molecule has 4 N–H and O–H groups in total. The lowest BCUT2D eigenvalue weighted by atomic mass is 10.4. The van der Waals surface area contributed by atoms with Gasteiger partial charge in [-0.3, -0.25) is 20.2 Å². The number of esters is 2. The van der Waals surface area contributed by atoms with E-state index in [-0.39, 0.29) is 12.1 Å². The summed E-state index contributed by atoms with van der Waals surface area (Å²) in [6.45, 7) is 5.29. The lowest BCUT2D eigenvalue weighted by molar-refractivity contribution is -0.145. The molecule has 0 aliphatic carbocycles. The summed E-state index contributed by atoms with van der Waals surface area (Å²) in [5.41, 5.74) is 0. The zero-order valence-corrected chi connectivity index (χ0v) is 16.0. The number of hydrogen-bond acceptors (Lipinski definition) is 8. The van der Waals surface area contributed by atoms with Crippen LogP contribution in [0.2, 0.25) is 0 Å². The zero-order chi connectivity index (χ0) is 21.7. The first-order valence-corrected chi connectivity index (χ1v) is 8.21. The highest BCUT2D eigenvalue weighted by molar-refractivity contribution is 5.98. The number of rotatable bonds is 8. The van der Waals surface area contributed by atoms with Crippen molar-refractivity contribution in [3.8, 4) is 0 Å². The summed E-state index contributed by atoms with van der Waals surface area (Å²) >= 11 is 0. The van der Waals surface area contributed by atoms with Crippen LogP contribution in [0, 0.1) is 0 Å². The van der Waals surface area contributed by atoms with E-state index in [0.717, 1.165) is 0 Å². The van der Waals surface area contributed by atoms with Gasteiger partial charge in [-0.05, 0) is 27.7 Å². The molecule has 28 heavy (non-hydrogen) atoms. The SMILES string of the molecule is CC(C)NC(=O)NC(=O)COC(=O)C=CC(=O)OCC(=O)NC(=O)NC(C)C. The molecule has 0 rings (SSSR count). The Morgan fingerprint density at radius 1 is 0.679 bits per heavy atom. The minimum Gasteiger partial charge on any atom is -0.452 e.